The summed E-state index contributed by atoms with van der Waals surface area (Å²) in [6.07, 6.45) is 1.58. The minimum absolute atomic E-state index is 0.284. The van der Waals surface area contributed by atoms with Crippen LogP contribution in [0.2, 0.25) is 0 Å². The zero-order valence-corrected chi connectivity index (χ0v) is 11.2. The summed E-state index contributed by atoms with van der Waals surface area (Å²) in [6, 6.07) is 8.68. The van der Waals surface area contributed by atoms with Gasteiger partial charge in [-0.2, -0.15) is 10.2 Å². The van der Waals surface area contributed by atoms with Crippen molar-refractivity contribution in [3.63, 3.8) is 0 Å². The Balaban J connectivity index is 2.13. The van der Waals surface area contributed by atoms with E-state index >= 15 is 0 Å². The van der Waals surface area contributed by atoms with Crippen molar-refractivity contribution in [3.8, 4) is 5.75 Å². The maximum absolute atomic E-state index is 12.2. The fourth-order valence-corrected chi connectivity index (χ4v) is 1.75. The molecule has 0 spiro atoms. The van der Waals surface area contributed by atoms with Crippen molar-refractivity contribution in [2.45, 2.75) is 13.5 Å². The zero-order chi connectivity index (χ0) is 14.4. The number of amides is 1. The van der Waals surface area contributed by atoms with Gasteiger partial charge >= 0.3 is 0 Å². The molecule has 2 rings (SSSR count). The normalized spacial score (nSPS) is 10.1. The van der Waals surface area contributed by atoms with Gasteiger partial charge in [-0.25, -0.2) is 0 Å². The quantitative estimate of drug-likeness (QED) is 0.803. The fraction of sp³-hybridized carbons (Fsp3) is 0.214. The first-order valence-corrected chi connectivity index (χ1v) is 6.28. The number of nitrogens with two attached hydrogens (primary N) is 1. The lowest BCUT2D eigenvalue weighted by Crippen LogP contribution is -2.25. The lowest BCUT2D eigenvalue weighted by atomic mass is 10.1. The van der Waals surface area contributed by atoms with E-state index in [2.05, 4.69) is 15.5 Å². The summed E-state index contributed by atoms with van der Waals surface area (Å²) in [6.45, 7) is 2.60. The number of anilines is 1. The molecule has 0 aliphatic rings. The molecule has 0 saturated carbocycles. The first-order chi connectivity index (χ1) is 9.72. The number of ether oxygens (including phenoxy) is 1. The number of rotatable bonds is 5. The summed E-state index contributed by atoms with van der Waals surface area (Å²) in [5.41, 5.74) is 7.25. The monoisotopic (exact) mass is 272 g/mol. The lowest BCUT2D eigenvalue weighted by Gasteiger charge is -2.12. The van der Waals surface area contributed by atoms with Gasteiger partial charge in [-0.05, 0) is 31.2 Å². The van der Waals surface area contributed by atoms with Crippen molar-refractivity contribution in [3.05, 3.63) is 47.8 Å². The predicted molar refractivity (Wildman–Crippen MR) is 75.2 cm³/mol. The third kappa shape index (κ3) is 3.23. The molecule has 1 aromatic heterocycles. The largest absolute Gasteiger partial charge is 0.493 e. The van der Waals surface area contributed by atoms with Gasteiger partial charge in [0.15, 0.2) is 0 Å². The van der Waals surface area contributed by atoms with Crippen LogP contribution in [0.25, 0.3) is 0 Å². The summed E-state index contributed by atoms with van der Waals surface area (Å²) in [5.74, 6) is 0.182. The lowest BCUT2D eigenvalue weighted by molar-refractivity contribution is 0.0947. The molecular weight excluding hydrogens is 256 g/mol. The van der Waals surface area contributed by atoms with E-state index in [0.29, 0.717) is 29.3 Å². The summed E-state index contributed by atoms with van der Waals surface area (Å²) < 4.78 is 5.42. The molecular formula is C14H16N4O2. The number of hydrogen-bond acceptors (Lipinski definition) is 5. The molecule has 6 heteroatoms. The topological polar surface area (TPSA) is 90.1 Å². The Morgan fingerprint density at radius 2 is 2.20 bits per heavy atom. The van der Waals surface area contributed by atoms with Gasteiger partial charge in [-0.15, -0.1) is 0 Å². The molecule has 20 heavy (non-hydrogen) atoms. The molecule has 1 aromatic carbocycles. The predicted octanol–water partition coefficient (Wildman–Crippen LogP) is 1.39. The highest BCUT2D eigenvalue weighted by Crippen LogP contribution is 2.24. The minimum atomic E-state index is -0.294. The number of carbonyl (C=O) groups excluding carboxylic acids is 1. The van der Waals surface area contributed by atoms with Gasteiger partial charge in [-0.1, -0.05) is 6.07 Å². The number of nitrogens with one attached hydrogen (secondary N) is 1. The van der Waals surface area contributed by atoms with Gasteiger partial charge in [0.2, 0.25) is 0 Å². The molecule has 0 bridgehead atoms. The highest BCUT2D eigenvalue weighted by Gasteiger charge is 2.15. The van der Waals surface area contributed by atoms with Gasteiger partial charge < -0.3 is 15.8 Å². The Labute approximate surface area is 117 Å². The first kappa shape index (κ1) is 13.8. The molecule has 0 saturated heterocycles. The van der Waals surface area contributed by atoms with E-state index in [1.807, 2.05) is 6.92 Å². The van der Waals surface area contributed by atoms with Crippen molar-refractivity contribution in [1.82, 2.24) is 15.5 Å². The van der Waals surface area contributed by atoms with Crippen molar-refractivity contribution >= 4 is 11.6 Å². The smallest absolute Gasteiger partial charge is 0.257 e. The molecule has 1 amide bonds. The van der Waals surface area contributed by atoms with Crippen LogP contribution in [0.15, 0.2) is 36.5 Å². The second kappa shape index (κ2) is 6.51. The molecule has 0 aliphatic heterocycles. The molecule has 0 fully saturated rings. The van der Waals surface area contributed by atoms with Gasteiger partial charge in [0.25, 0.3) is 5.91 Å². The number of aromatic nitrogens is 2. The van der Waals surface area contributed by atoms with Crippen LogP contribution in [0.3, 0.4) is 0 Å². The van der Waals surface area contributed by atoms with E-state index in [1.165, 1.54) is 0 Å². The summed E-state index contributed by atoms with van der Waals surface area (Å²) >= 11 is 0. The summed E-state index contributed by atoms with van der Waals surface area (Å²) in [4.78, 5) is 12.2. The molecule has 0 unspecified atom stereocenters. The summed E-state index contributed by atoms with van der Waals surface area (Å²) in [7, 11) is 0. The van der Waals surface area contributed by atoms with Crippen LogP contribution in [0.4, 0.5) is 5.69 Å². The highest BCUT2D eigenvalue weighted by atomic mass is 16.5. The second-order valence-electron chi connectivity index (χ2n) is 4.05. The third-order valence-electron chi connectivity index (χ3n) is 2.64. The molecule has 1 heterocycles. The number of nitrogen functional groups attached to an aromatic ring is 1. The second-order valence-corrected chi connectivity index (χ2v) is 4.05. The van der Waals surface area contributed by atoms with Gasteiger partial charge in [0, 0.05) is 11.9 Å². The van der Waals surface area contributed by atoms with Crippen molar-refractivity contribution in [2.75, 3.05) is 12.3 Å². The van der Waals surface area contributed by atoms with E-state index in [-0.39, 0.29) is 12.5 Å². The molecule has 2 aromatic rings. The van der Waals surface area contributed by atoms with E-state index in [1.54, 1.807) is 36.5 Å². The number of nitrogens with zero attached hydrogens (tertiary/aromatic N) is 2. The van der Waals surface area contributed by atoms with Crippen LogP contribution in [-0.4, -0.2) is 22.7 Å². The molecule has 0 atom stereocenters. The Morgan fingerprint density at radius 1 is 1.35 bits per heavy atom. The number of carbonyl (C=O) groups is 1. The maximum atomic E-state index is 12.2. The van der Waals surface area contributed by atoms with E-state index < -0.39 is 0 Å². The van der Waals surface area contributed by atoms with Crippen LogP contribution < -0.4 is 15.8 Å². The Morgan fingerprint density at radius 3 is 2.90 bits per heavy atom. The van der Waals surface area contributed by atoms with Crippen LogP contribution in [0, 0.1) is 0 Å². The Kier molecular flexibility index (Phi) is 4.49. The Bertz CT molecular complexity index is 587. The molecule has 104 valence electrons. The van der Waals surface area contributed by atoms with E-state index in [4.69, 9.17) is 10.5 Å². The molecule has 0 aliphatic carbocycles. The average molecular weight is 272 g/mol. The fourth-order valence-electron chi connectivity index (χ4n) is 1.75. The van der Waals surface area contributed by atoms with Gasteiger partial charge in [0.1, 0.15) is 11.3 Å². The van der Waals surface area contributed by atoms with Crippen LogP contribution in [0.1, 0.15) is 23.0 Å². The van der Waals surface area contributed by atoms with E-state index in [0.717, 1.165) is 0 Å². The third-order valence-corrected chi connectivity index (χ3v) is 2.64. The first-order valence-electron chi connectivity index (χ1n) is 6.28. The number of hydrogen-bond donors (Lipinski definition) is 2. The van der Waals surface area contributed by atoms with Gasteiger partial charge in [-0.3, -0.25) is 4.79 Å². The number of benzene rings is 1. The van der Waals surface area contributed by atoms with Crippen LogP contribution in [-0.2, 0) is 6.54 Å². The average Bonchev–Trinajstić information content (AvgIpc) is 2.46. The summed E-state index contributed by atoms with van der Waals surface area (Å²) in [5, 5.41) is 10.4. The zero-order valence-electron chi connectivity index (χ0n) is 11.2. The van der Waals surface area contributed by atoms with Crippen molar-refractivity contribution < 1.29 is 9.53 Å². The molecule has 0 radical (unpaired) electrons. The van der Waals surface area contributed by atoms with Crippen molar-refractivity contribution in [1.29, 1.82) is 0 Å². The Hall–Kier alpha value is -2.63. The molecule has 6 nitrogen and oxygen atoms in total. The van der Waals surface area contributed by atoms with Gasteiger partial charge in [0.05, 0.1) is 18.8 Å². The maximum Gasteiger partial charge on any atom is 0.257 e. The van der Waals surface area contributed by atoms with E-state index in [9.17, 15) is 4.79 Å². The van der Waals surface area contributed by atoms with Crippen molar-refractivity contribution in [2.24, 2.45) is 0 Å². The van der Waals surface area contributed by atoms with Crippen LogP contribution >= 0.6 is 0 Å². The highest BCUT2D eigenvalue weighted by molar-refractivity contribution is 6.01. The minimum Gasteiger partial charge on any atom is -0.493 e. The van der Waals surface area contributed by atoms with Crippen LogP contribution in [0.5, 0.6) is 5.75 Å². The molecule has 3 N–H and O–H groups in total. The SMILES string of the molecule is CCOc1cccc(N)c1C(=O)NCc1cccnn1. The standard InChI is InChI=1S/C14H16N4O2/c1-2-20-12-7-3-6-11(15)13(12)14(19)16-9-10-5-4-8-17-18-10/h3-8H,2,9,15H2,1H3,(H,16,19).